The molecule has 0 fully saturated rings. The summed E-state index contributed by atoms with van der Waals surface area (Å²) in [5.41, 5.74) is 0. The summed E-state index contributed by atoms with van der Waals surface area (Å²) >= 11 is 0. The Bertz CT molecular complexity index is 43.3. The van der Waals surface area contributed by atoms with Gasteiger partial charge in [-0.1, -0.05) is 6.08 Å². The quantitative estimate of drug-likeness (QED) is 0.297. The fourth-order valence-corrected chi connectivity index (χ4v) is 0.215. The summed E-state index contributed by atoms with van der Waals surface area (Å²) in [6.07, 6.45) is 1.68. The van der Waals surface area contributed by atoms with Crippen molar-refractivity contribution in [3.63, 3.8) is 0 Å². The van der Waals surface area contributed by atoms with Crippen LogP contribution in [0.2, 0.25) is 0 Å². The Morgan fingerprint density at radius 2 is 2.43 bits per heavy atom. The molecule has 0 N–H and O–H groups in total. The Labute approximate surface area is 43.7 Å². The Balaban J connectivity index is 2.56. The van der Waals surface area contributed by atoms with Crippen molar-refractivity contribution in [1.29, 1.82) is 0 Å². The third-order valence-corrected chi connectivity index (χ3v) is 0.437. The van der Waals surface area contributed by atoms with Crippen LogP contribution in [0.5, 0.6) is 0 Å². The van der Waals surface area contributed by atoms with Gasteiger partial charge in [-0.15, -0.1) is 6.58 Å². The predicted octanol–water partition coefficient (Wildman–Crippen LogP) is 0.793. The van der Waals surface area contributed by atoms with Crippen molar-refractivity contribution in [3.05, 3.63) is 12.7 Å². The number of hydrogen-bond donors (Lipinski definition) is 0. The van der Waals surface area contributed by atoms with Crippen molar-refractivity contribution < 1.29 is 9.47 Å². The largest absolute Gasteiger partial charge is 0.359 e. The molecule has 2 heteroatoms. The lowest BCUT2D eigenvalue weighted by Gasteiger charge is -1.94. The van der Waals surface area contributed by atoms with Crippen LogP contribution in [-0.4, -0.2) is 20.5 Å². The highest BCUT2D eigenvalue weighted by Crippen LogP contribution is 1.72. The van der Waals surface area contributed by atoms with Crippen molar-refractivity contribution in [2.45, 2.75) is 0 Å². The zero-order chi connectivity index (χ0) is 5.54. The molecule has 7 heavy (non-hydrogen) atoms. The van der Waals surface area contributed by atoms with Gasteiger partial charge in [0.25, 0.3) is 0 Å². The average molecular weight is 102 g/mol. The summed E-state index contributed by atoms with van der Waals surface area (Å²) in [6, 6.07) is 0. The third kappa shape index (κ3) is 5.66. The molecule has 0 spiro atoms. The van der Waals surface area contributed by atoms with E-state index in [9.17, 15) is 0 Å². The van der Waals surface area contributed by atoms with Crippen molar-refractivity contribution in [2.75, 3.05) is 20.5 Å². The van der Waals surface area contributed by atoms with Crippen molar-refractivity contribution in [1.82, 2.24) is 0 Å². The molecule has 0 saturated heterocycles. The average Bonchev–Trinajstić information content (AvgIpc) is 1.69. The summed E-state index contributed by atoms with van der Waals surface area (Å²) in [7, 11) is 1.59. The molecule has 0 aliphatic carbocycles. The monoisotopic (exact) mass is 102 g/mol. The predicted molar refractivity (Wildman–Crippen MR) is 28.0 cm³/mol. The van der Waals surface area contributed by atoms with Gasteiger partial charge in [0.1, 0.15) is 6.79 Å². The molecule has 2 nitrogen and oxygen atoms in total. The molecule has 0 aromatic heterocycles. The van der Waals surface area contributed by atoms with E-state index in [-0.39, 0.29) is 0 Å². The first-order valence-corrected chi connectivity index (χ1v) is 2.09. The van der Waals surface area contributed by atoms with Crippen LogP contribution in [0.1, 0.15) is 0 Å². The second kappa shape index (κ2) is 5.66. The van der Waals surface area contributed by atoms with E-state index in [1.165, 1.54) is 0 Å². The zero-order valence-corrected chi connectivity index (χ0v) is 4.52. The summed E-state index contributed by atoms with van der Waals surface area (Å²) in [6.45, 7) is 4.37. The summed E-state index contributed by atoms with van der Waals surface area (Å²) in [5.74, 6) is 0. The Hall–Kier alpha value is -0.340. The normalized spacial score (nSPS) is 8.71. The molecule has 0 unspecified atom stereocenters. The minimum absolute atomic E-state index is 0.353. The number of ether oxygens (including phenoxy) is 2. The van der Waals surface area contributed by atoms with Gasteiger partial charge in [0.15, 0.2) is 0 Å². The van der Waals surface area contributed by atoms with Crippen molar-refractivity contribution >= 4 is 0 Å². The summed E-state index contributed by atoms with van der Waals surface area (Å²) in [5, 5.41) is 0. The lowest BCUT2D eigenvalue weighted by molar-refractivity contribution is -0.0185. The van der Waals surface area contributed by atoms with Gasteiger partial charge in [-0.25, -0.2) is 0 Å². The first kappa shape index (κ1) is 6.66. The standard InChI is InChI=1S/C5H10O2/c1-3-4-7-5-6-2/h3H,1,4-5H2,2H3. The lowest BCUT2D eigenvalue weighted by Crippen LogP contribution is -1.94. The van der Waals surface area contributed by atoms with Crippen LogP contribution in [0.4, 0.5) is 0 Å². The molecular weight excluding hydrogens is 92.1 g/mol. The second-order valence-electron chi connectivity index (χ2n) is 1.07. The number of hydrogen-bond acceptors (Lipinski definition) is 2. The van der Waals surface area contributed by atoms with Crippen LogP contribution in [0.25, 0.3) is 0 Å². The fourth-order valence-electron chi connectivity index (χ4n) is 0.215. The van der Waals surface area contributed by atoms with Gasteiger partial charge in [0.2, 0.25) is 0 Å². The SMILES string of the molecule is C=CCOCOC. The van der Waals surface area contributed by atoms with E-state index in [4.69, 9.17) is 4.74 Å². The third-order valence-electron chi connectivity index (χ3n) is 0.437. The van der Waals surface area contributed by atoms with E-state index in [0.717, 1.165) is 0 Å². The molecule has 0 radical (unpaired) electrons. The molecule has 0 aliphatic heterocycles. The van der Waals surface area contributed by atoms with Gasteiger partial charge >= 0.3 is 0 Å². The van der Waals surface area contributed by atoms with E-state index < -0.39 is 0 Å². The molecule has 0 bridgehead atoms. The van der Waals surface area contributed by atoms with Crippen LogP contribution in [0.3, 0.4) is 0 Å². The molecule has 0 aromatic rings. The Morgan fingerprint density at radius 1 is 1.71 bits per heavy atom. The number of rotatable bonds is 4. The molecule has 0 rings (SSSR count). The highest BCUT2D eigenvalue weighted by Gasteiger charge is 1.73. The molecule has 0 heterocycles. The highest BCUT2D eigenvalue weighted by atomic mass is 16.7. The molecule has 0 amide bonds. The topological polar surface area (TPSA) is 18.5 Å². The minimum Gasteiger partial charge on any atom is -0.359 e. The van der Waals surface area contributed by atoms with E-state index in [1.807, 2.05) is 0 Å². The van der Waals surface area contributed by atoms with Gasteiger partial charge in [0.05, 0.1) is 6.61 Å². The first-order chi connectivity index (χ1) is 3.41. The maximum atomic E-state index is 4.79. The maximum Gasteiger partial charge on any atom is 0.146 e. The first-order valence-electron chi connectivity index (χ1n) is 2.09. The van der Waals surface area contributed by atoms with E-state index in [0.29, 0.717) is 13.4 Å². The zero-order valence-electron chi connectivity index (χ0n) is 4.52. The fraction of sp³-hybridized carbons (Fsp3) is 0.600. The van der Waals surface area contributed by atoms with E-state index in [1.54, 1.807) is 13.2 Å². The molecule has 0 aliphatic rings. The lowest BCUT2D eigenvalue weighted by atomic mass is 10.7. The molecule has 0 atom stereocenters. The van der Waals surface area contributed by atoms with Crippen LogP contribution < -0.4 is 0 Å². The smallest absolute Gasteiger partial charge is 0.146 e. The molecular formula is C5H10O2. The molecule has 0 saturated carbocycles. The van der Waals surface area contributed by atoms with E-state index in [2.05, 4.69) is 11.3 Å². The van der Waals surface area contributed by atoms with Gasteiger partial charge in [0, 0.05) is 7.11 Å². The Kier molecular flexibility index (Phi) is 5.39. The number of methoxy groups -OCH3 is 1. The summed E-state index contributed by atoms with van der Waals surface area (Å²) < 4.78 is 9.37. The molecule has 0 aromatic carbocycles. The van der Waals surface area contributed by atoms with Crippen LogP contribution in [-0.2, 0) is 9.47 Å². The van der Waals surface area contributed by atoms with Gasteiger partial charge in [-0.3, -0.25) is 0 Å². The molecule has 42 valence electrons. The maximum absolute atomic E-state index is 4.79. The van der Waals surface area contributed by atoms with Gasteiger partial charge in [-0.05, 0) is 0 Å². The van der Waals surface area contributed by atoms with Gasteiger partial charge < -0.3 is 9.47 Å². The van der Waals surface area contributed by atoms with Gasteiger partial charge in [-0.2, -0.15) is 0 Å². The van der Waals surface area contributed by atoms with Crippen LogP contribution in [0, 0.1) is 0 Å². The van der Waals surface area contributed by atoms with Crippen LogP contribution >= 0.6 is 0 Å². The summed E-state index contributed by atoms with van der Waals surface area (Å²) in [4.78, 5) is 0. The second-order valence-corrected chi connectivity index (χ2v) is 1.07. The minimum atomic E-state index is 0.353. The van der Waals surface area contributed by atoms with Crippen molar-refractivity contribution in [2.24, 2.45) is 0 Å². The van der Waals surface area contributed by atoms with Crippen LogP contribution in [0.15, 0.2) is 12.7 Å². The Morgan fingerprint density at radius 3 is 2.86 bits per heavy atom. The van der Waals surface area contributed by atoms with Crippen molar-refractivity contribution in [3.8, 4) is 0 Å². The van der Waals surface area contributed by atoms with E-state index >= 15 is 0 Å². The highest BCUT2D eigenvalue weighted by molar-refractivity contribution is 4.62.